The van der Waals surface area contributed by atoms with Gasteiger partial charge < -0.3 is 0 Å². The van der Waals surface area contributed by atoms with Crippen molar-refractivity contribution in [3.8, 4) is 0 Å². The molecule has 0 saturated carbocycles. The Labute approximate surface area is 144 Å². The Kier molecular flexibility index (Phi) is 5.17. The first kappa shape index (κ1) is 18.0. The van der Waals surface area contributed by atoms with Crippen molar-refractivity contribution < 1.29 is 0 Å². The van der Waals surface area contributed by atoms with Crippen molar-refractivity contribution in [1.82, 2.24) is 0 Å². The average molecular weight is 339 g/mol. The number of benzene rings is 2. The largest absolute Gasteiger partial charge is 0.0867 e. The van der Waals surface area contributed by atoms with Crippen LogP contribution in [0, 0.1) is 6.92 Å². The van der Waals surface area contributed by atoms with Gasteiger partial charge in [-0.15, -0.1) is 0 Å². The molecular weight excluding hydrogens is 308 g/mol. The summed E-state index contributed by atoms with van der Waals surface area (Å²) in [5.74, 6) is 0. The average Bonchev–Trinajstić information content (AvgIpc) is 2.44. The number of hydrogen-bond acceptors (Lipinski definition) is 0. The fourth-order valence-electron chi connectivity index (χ4n) is 2.85. The van der Waals surface area contributed by atoms with Crippen LogP contribution in [0.5, 0.6) is 0 Å². The topological polar surface area (TPSA) is 0 Å². The summed E-state index contributed by atoms with van der Waals surface area (Å²) in [5.41, 5.74) is 8.11. The van der Waals surface area contributed by atoms with Gasteiger partial charge in [-0.2, -0.15) is 0 Å². The third-order valence-electron chi connectivity index (χ3n) is 3.97. The Morgan fingerprint density at radius 2 is 1.35 bits per heavy atom. The Bertz CT molecular complexity index is 696. The van der Waals surface area contributed by atoms with E-state index >= 15 is 0 Å². The molecule has 0 aliphatic carbocycles. The maximum atomic E-state index is 2.57. The summed E-state index contributed by atoms with van der Waals surface area (Å²) in [5, 5.41) is 1.56. The van der Waals surface area contributed by atoms with E-state index in [-0.39, 0.29) is 0 Å². The van der Waals surface area contributed by atoms with E-state index in [1.807, 2.05) is 0 Å². The van der Waals surface area contributed by atoms with E-state index in [0.29, 0.717) is 0 Å². The molecule has 2 aromatic rings. The molecule has 0 saturated heterocycles. The van der Waals surface area contributed by atoms with E-state index < -0.39 is 16.1 Å². The molecule has 0 aliphatic rings. The van der Waals surface area contributed by atoms with Crippen molar-refractivity contribution in [3.63, 3.8) is 0 Å². The zero-order chi connectivity index (χ0) is 17.3. The van der Waals surface area contributed by atoms with Crippen molar-refractivity contribution in [1.29, 1.82) is 0 Å². The number of aryl methyl sites for hydroxylation is 1. The van der Waals surface area contributed by atoms with Gasteiger partial charge in [0.1, 0.15) is 0 Å². The van der Waals surface area contributed by atoms with Crippen LogP contribution in [0.25, 0.3) is 5.57 Å². The summed E-state index contributed by atoms with van der Waals surface area (Å²) >= 11 is 0. The predicted molar refractivity (Wildman–Crippen MR) is 111 cm³/mol. The SMILES string of the molecule is Cc1ccc(/C(=C/[Si](C)(C)C)c2ccccc2[Si](C)(C)C)cc1. The first-order valence-electron chi connectivity index (χ1n) is 8.48. The molecule has 0 atom stereocenters. The summed E-state index contributed by atoms with van der Waals surface area (Å²) in [6.45, 7) is 16.7. The molecule has 0 aromatic heterocycles. The van der Waals surface area contributed by atoms with Crippen molar-refractivity contribution in [2.45, 2.75) is 46.2 Å². The van der Waals surface area contributed by atoms with Crippen molar-refractivity contribution >= 4 is 26.9 Å². The smallest absolute Gasteiger partial charge is 0.0784 e. The quantitative estimate of drug-likeness (QED) is 0.613. The predicted octanol–water partition coefficient (Wildman–Crippen LogP) is 5.85. The fourth-order valence-corrected chi connectivity index (χ4v) is 5.67. The molecule has 0 spiro atoms. The molecule has 0 unspecified atom stereocenters. The van der Waals surface area contributed by atoms with E-state index in [0.717, 1.165) is 0 Å². The molecule has 2 heteroatoms. The monoisotopic (exact) mass is 338 g/mol. The normalized spacial score (nSPS) is 13.3. The second-order valence-corrected chi connectivity index (χ2v) is 18.6. The van der Waals surface area contributed by atoms with Gasteiger partial charge >= 0.3 is 0 Å². The number of rotatable bonds is 4. The minimum absolute atomic E-state index is 1.32. The number of hydrogen-bond donors (Lipinski definition) is 0. The van der Waals surface area contributed by atoms with Gasteiger partial charge in [-0.3, -0.25) is 0 Å². The van der Waals surface area contributed by atoms with Crippen LogP contribution in [-0.2, 0) is 0 Å². The Balaban J connectivity index is 2.70. The third-order valence-corrected chi connectivity index (χ3v) is 7.17. The lowest BCUT2D eigenvalue weighted by Gasteiger charge is -2.24. The molecule has 2 rings (SSSR count). The highest BCUT2D eigenvalue weighted by molar-refractivity contribution is 6.89. The third kappa shape index (κ3) is 4.79. The first-order valence-corrected chi connectivity index (χ1v) is 15.6. The zero-order valence-corrected chi connectivity index (χ0v) is 17.7. The van der Waals surface area contributed by atoms with Crippen LogP contribution >= 0.6 is 0 Å². The Morgan fingerprint density at radius 1 is 0.783 bits per heavy atom. The second kappa shape index (κ2) is 6.62. The molecular formula is C21H30Si2. The summed E-state index contributed by atoms with van der Waals surface area (Å²) in [6, 6.07) is 18.1. The zero-order valence-electron chi connectivity index (χ0n) is 15.7. The molecule has 0 bridgehead atoms. The van der Waals surface area contributed by atoms with Gasteiger partial charge in [-0.25, -0.2) is 0 Å². The van der Waals surface area contributed by atoms with Gasteiger partial charge in [-0.05, 0) is 23.6 Å². The summed E-state index contributed by atoms with van der Waals surface area (Å²) in [6.07, 6.45) is 0. The highest BCUT2D eigenvalue weighted by atomic mass is 28.3. The van der Waals surface area contributed by atoms with Crippen LogP contribution in [0.1, 0.15) is 16.7 Å². The van der Waals surface area contributed by atoms with Crippen LogP contribution < -0.4 is 5.19 Å². The molecule has 0 nitrogen and oxygen atoms in total. The molecule has 0 heterocycles. The fraction of sp³-hybridized carbons (Fsp3) is 0.333. The van der Waals surface area contributed by atoms with Gasteiger partial charge in [0, 0.05) is 0 Å². The molecule has 0 radical (unpaired) electrons. The van der Waals surface area contributed by atoms with Crippen LogP contribution in [-0.4, -0.2) is 16.1 Å². The summed E-state index contributed by atoms with van der Waals surface area (Å²) in [4.78, 5) is 0. The highest BCUT2D eigenvalue weighted by Gasteiger charge is 2.23. The van der Waals surface area contributed by atoms with Crippen molar-refractivity contribution in [2.24, 2.45) is 0 Å². The maximum absolute atomic E-state index is 2.57. The first-order chi connectivity index (χ1) is 10.6. The van der Waals surface area contributed by atoms with Crippen molar-refractivity contribution in [2.75, 3.05) is 0 Å². The molecule has 2 aromatic carbocycles. The minimum atomic E-state index is -1.39. The molecule has 0 amide bonds. The van der Waals surface area contributed by atoms with Crippen molar-refractivity contribution in [3.05, 3.63) is 70.9 Å². The molecule has 122 valence electrons. The van der Waals surface area contributed by atoms with E-state index in [4.69, 9.17) is 0 Å². The second-order valence-electron chi connectivity index (χ2n) is 8.59. The maximum Gasteiger partial charge on any atom is 0.0784 e. The Hall–Kier alpha value is -1.39. The highest BCUT2D eigenvalue weighted by Crippen LogP contribution is 2.27. The molecule has 23 heavy (non-hydrogen) atoms. The van der Waals surface area contributed by atoms with Gasteiger partial charge in [0.2, 0.25) is 0 Å². The van der Waals surface area contributed by atoms with Crippen LogP contribution in [0.15, 0.2) is 54.2 Å². The van der Waals surface area contributed by atoms with Gasteiger partial charge in [0.05, 0.1) is 16.1 Å². The standard InChI is InChI=1S/C21H30Si2/c1-17-12-14-18(15-13-17)20(16-22(2,3)4)19-10-8-9-11-21(19)23(5,6)7/h8-16H,1-7H3/b20-16-. The Morgan fingerprint density at radius 3 is 1.87 bits per heavy atom. The van der Waals surface area contributed by atoms with E-state index in [9.17, 15) is 0 Å². The minimum Gasteiger partial charge on any atom is -0.0867 e. The van der Waals surface area contributed by atoms with Gasteiger partial charge in [0.25, 0.3) is 0 Å². The van der Waals surface area contributed by atoms with E-state index in [1.54, 1.807) is 5.19 Å². The summed E-state index contributed by atoms with van der Waals surface area (Å²) in [7, 11) is -2.71. The molecule has 0 fully saturated rings. The lowest BCUT2D eigenvalue weighted by Crippen LogP contribution is -2.40. The van der Waals surface area contributed by atoms with Crippen LogP contribution in [0.2, 0.25) is 39.3 Å². The van der Waals surface area contributed by atoms with Gasteiger partial charge in [-0.1, -0.05) is 104 Å². The van der Waals surface area contributed by atoms with Crippen LogP contribution in [0.3, 0.4) is 0 Å². The molecule has 0 N–H and O–H groups in total. The summed E-state index contributed by atoms with van der Waals surface area (Å²) < 4.78 is 0. The lowest BCUT2D eigenvalue weighted by atomic mass is 9.98. The van der Waals surface area contributed by atoms with Gasteiger partial charge in [0.15, 0.2) is 0 Å². The van der Waals surface area contributed by atoms with Crippen LogP contribution in [0.4, 0.5) is 0 Å². The van der Waals surface area contributed by atoms with E-state index in [2.05, 4.69) is 100 Å². The lowest BCUT2D eigenvalue weighted by molar-refractivity contribution is 1.45. The molecule has 0 aliphatic heterocycles. The van der Waals surface area contributed by atoms with E-state index in [1.165, 1.54) is 22.3 Å².